The van der Waals surface area contributed by atoms with Crippen LogP contribution in [0.25, 0.3) is 22.2 Å². The minimum absolute atomic E-state index is 0.717. The van der Waals surface area contributed by atoms with Crippen molar-refractivity contribution in [2.45, 2.75) is 13.0 Å². The second-order valence-corrected chi connectivity index (χ2v) is 5.75. The maximum atomic E-state index is 11.3. The van der Waals surface area contributed by atoms with Crippen LogP contribution in [0.1, 0.15) is 13.0 Å². The van der Waals surface area contributed by atoms with Crippen molar-refractivity contribution >= 4 is 32.8 Å². The minimum atomic E-state index is -0.901. The highest BCUT2D eigenvalue weighted by Gasteiger charge is 2.20. The summed E-state index contributed by atoms with van der Waals surface area (Å²) in [5, 5.41) is 14.7. The van der Waals surface area contributed by atoms with Gasteiger partial charge in [0.1, 0.15) is 11.7 Å². The maximum Gasteiger partial charge on any atom is 0.328 e. The first-order chi connectivity index (χ1) is 10.1. The number of carbonyl (C=O) groups is 1. The third-order valence-corrected chi connectivity index (χ3v) is 3.93. The lowest BCUT2D eigenvalue weighted by atomic mass is 10.1. The molecule has 4 nitrogen and oxygen atoms in total. The van der Waals surface area contributed by atoms with E-state index >= 15 is 0 Å². The molecule has 0 aliphatic carbocycles. The van der Waals surface area contributed by atoms with E-state index in [1.165, 1.54) is 0 Å². The molecule has 3 aromatic rings. The summed E-state index contributed by atoms with van der Waals surface area (Å²) in [7, 11) is 0. The number of halogens is 1. The summed E-state index contributed by atoms with van der Waals surface area (Å²) < 4.78 is 2.50. The van der Waals surface area contributed by atoms with Crippen LogP contribution >= 0.6 is 15.9 Å². The van der Waals surface area contributed by atoms with Gasteiger partial charge in [-0.1, -0.05) is 46.3 Å². The van der Waals surface area contributed by atoms with E-state index < -0.39 is 12.0 Å². The van der Waals surface area contributed by atoms with Crippen molar-refractivity contribution in [1.82, 2.24) is 9.78 Å². The molecule has 0 saturated carbocycles. The Hall–Kier alpha value is -2.14. The van der Waals surface area contributed by atoms with Gasteiger partial charge < -0.3 is 5.11 Å². The quantitative estimate of drug-likeness (QED) is 0.777. The molecular formula is C16H13BrN2O2. The van der Waals surface area contributed by atoms with Crippen molar-refractivity contribution in [3.05, 3.63) is 53.0 Å². The van der Waals surface area contributed by atoms with Crippen LogP contribution in [0, 0.1) is 0 Å². The van der Waals surface area contributed by atoms with Crippen molar-refractivity contribution in [3.63, 3.8) is 0 Å². The molecule has 0 amide bonds. The van der Waals surface area contributed by atoms with Gasteiger partial charge in [0.05, 0.1) is 5.52 Å². The molecule has 1 aromatic heterocycles. The van der Waals surface area contributed by atoms with Gasteiger partial charge in [-0.3, -0.25) is 4.68 Å². The molecule has 0 fully saturated rings. The molecule has 2 aromatic carbocycles. The summed E-state index contributed by atoms with van der Waals surface area (Å²) in [5.74, 6) is -0.901. The molecule has 1 heterocycles. The van der Waals surface area contributed by atoms with Gasteiger partial charge in [-0.2, -0.15) is 5.10 Å². The number of nitrogens with zero attached hydrogens (tertiary/aromatic N) is 2. The van der Waals surface area contributed by atoms with Crippen LogP contribution in [0.5, 0.6) is 0 Å². The largest absolute Gasteiger partial charge is 0.480 e. The second kappa shape index (κ2) is 5.33. The van der Waals surface area contributed by atoms with E-state index in [0.717, 1.165) is 26.6 Å². The fourth-order valence-corrected chi connectivity index (χ4v) is 2.68. The molecule has 0 spiro atoms. The molecule has 1 atom stereocenters. The molecule has 0 radical (unpaired) electrons. The molecule has 3 rings (SSSR count). The lowest BCUT2D eigenvalue weighted by Crippen LogP contribution is -2.16. The Labute approximate surface area is 130 Å². The van der Waals surface area contributed by atoms with Gasteiger partial charge in [0, 0.05) is 15.4 Å². The van der Waals surface area contributed by atoms with Gasteiger partial charge in [-0.25, -0.2) is 4.79 Å². The SMILES string of the molecule is CC(C(=O)O)n1nc(-c2ccccc2)c2cc(Br)ccc21. The third kappa shape index (κ3) is 2.45. The van der Waals surface area contributed by atoms with Crippen molar-refractivity contribution in [1.29, 1.82) is 0 Å². The highest BCUT2D eigenvalue weighted by Crippen LogP contribution is 2.31. The van der Waals surface area contributed by atoms with Gasteiger partial charge in [0.25, 0.3) is 0 Å². The van der Waals surface area contributed by atoms with Crippen molar-refractivity contribution < 1.29 is 9.90 Å². The summed E-state index contributed by atoms with van der Waals surface area (Å²) in [4.78, 5) is 11.3. The van der Waals surface area contributed by atoms with Crippen molar-refractivity contribution in [3.8, 4) is 11.3 Å². The topological polar surface area (TPSA) is 55.1 Å². The van der Waals surface area contributed by atoms with E-state index in [9.17, 15) is 9.90 Å². The van der Waals surface area contributed by atoms with Gasteiger partial charge in [-0.05, 0) is 25.1 Å². The number of benzene rings is 2. The van der Waals surface area contributed by atoms with Crippen LogP contribution in [-0.4, -0.2) is 20.9 Å². The zero-order chi connectivity index (χ0) is 15.0. The average Bonchev–Trinajstić information content (AvgIpc) is 2.85. The summed E-state index contributed by atoms with van der Waals surface area (Å²) >= 11 is 3.46. The molecule has 106 valence electrons. The van der Waals surface area contributed by atoms with Gasteiger partial charge in [0.2, 0.25) is 0 Å². The Balaban J connectivity index is 2.30. The standard InChI is InChI=1S/C16H13BrN2O2/c1-10(16(20)21)19-14-8-7-12(17)9-13(14)15(18-19)11-5-3-2-4-6-11/h2-10H,1H3,(H,20,21). The summed E-state index contributed by atoms with van der Waals surface area (Å²) in [5.41, 5.74) is 2.57. The first-order valence-electron chi connectivity index (χ1n) is 6.54. The highest BCUT2D eigenvalue weighted by molar-refractivity contribution is 9.10. The lowest BCUT2D eigenvalue weighted by molar-refractivity contribution is -0.140. The smallest absolute Gasteiger partial charge is 0.328 e. The van der Waals surface area contributed by atoms with Crippen LogP contribution < -0.4 is 0 Å². The first-order valence-corrected chi connectivity index (χ1v) is 7.33. The Bertz CT molecular complexity index is 812. The number of aliphatic carboxylic acids is 1. The van der Waals surface area contributed by atoms with Gasteiger partial charge in [-0.15, -0.1) is 0 Å². The molecular weight excluding hydrogens is 332 g/mol. The summed E-state index contributed by atoms with van der Waals surface area (Å²) in [6.07, 6.45) is 0. The second-order valence-electron chi connectivity index (χ2n) is 4.83. The van der Waals surface area contributed by atoms with Crippen LogP contribution in [-0.2, 0) is 4.79 Å². The molecule has 0 bridgehead atoms. The zero-order valence-corrected chi connectivity index (χ0v) is 12.9. The monoisotopic (exact) mass is 344 g/mol. The van der Waals surface area contributed by atoms with E-state index in [1.54, 1.807) is 11.6 Å². The molecule has 0 saturated heterocycles. The number of carboxylic acid groups (broad SMARTS) is 1. The van der Waals surface area contributed by atoms with Crippen LogP contribution in [0.3, 0.4) is 0 Å². The molecule has 0 aliphatic rings. The number of hydrogen-bond acceptors (Lipinski definition) is 2. The fourth-order valence-electron chi connectivity index (χ4n) is 2.32. The Morgan fingerprint density at radius 1 is 1.24 bits per heavy atom. The van der Waals surface area contributed by atoms with E-state index in [4.69, 9.17) is 0 Å². The number of rotatable bonds is 3. The van der Waals surface area contributed by atoms with Crippen LogP contribution in [0.4, 0.5) is 0 Å². The predicted molar refractivity (Wildman–Crippen MR) is 85.2 cm³/mol. The Kier molecular flexibility index (Phi) is 3.51. The zero-order valence-electron chi connectivity index (χ0n) is 11.3. The summed E-state index contributed by atoms with van der Waals surface area (Å²) in [6.45, 7) is 1.63. The molecule has 0 aliphatic heterocycles. The van der Waals surface area contributed by atoms with Crippen LogP contribution in [0.15, 0.2) is 53.0 Å². The molecule has 21 heavy (non-hydrogen) atoms. The van der Waals surface area contributed by atoms with E-state index in [2.05, 4.69) is 21.0 Å². The molecule has 5 heteroatoms. The van der Waals surface area contributed by atoms with E-state index in [-0.39, 0.29) is 0 Å². The predicted octanol–water partition coefficient (Wildman–Crippen LogP) is 4.11. The summed E-state index contributed by atoms with van der Waals surface area (Å²) in [6, 6.07) is 14.8. The maximum absolute atomic E-state index is 11.3. The first kappa shape index (κ1) is 13.8. The number of hydrogen-bond donors (Lipinski definition) is 1. The Morgan fingerprint density at radius 2 is 1.95 bits per heavy atom. The minimum Gasteiger partial charge on any atom is -0.480 e. The van der Waals surface area contributed by atoms with Crippen LogP contribution in [0.2, 0.25) is 0 Å². The lowest BCUT2D eigenvalue weighted by Gasteiger charge is -2.07. The number of carboxylic acids is 1. The van der Waals surface area contributed by atoms with Gasteiger partial charge in [0.15, 0.2) is 0 Å². The van der Waals surface area contributed by atoms with E-state index in [0.29, 0.717) is 0 Å². The third-order valence-electron chi connectivity index (χ3n) is 3.44. The van der Waals surface area contributed by atoms with Crippen molar-refractivity contribution in [2.24, 2.45) is 0 Å². The van der Waals surface area contributed by atoms with Gasteiger partial charge >= 0.3 is 5.97 Å². The fraction of sp³-hybridized carbons (Fsp3) is 0.125. The average molecular weight is 345 g/mol. The van der Waals surface area contributed by atoms with Crippen molar-refractivity contribution in [2.75, 3.05) is 0 Å². The normalized spacial score (nSPS) is 12.5. The Morgan fingerprint density at radius 3 is 2.62 bits per heavy atom. The van der Waals surface area contributed by atoms with E-state index in [1.807, 2.05) is 48.5 Å². The molecule has 1 N–H and O–H groups in total. The number of aromatic nitrogens is 2. The number of fused-ring (bicyclic) bond motifs is 1. The molecule has 1 unspecified atom stereocenters. The highest BCUT2D eigenvalue weighted by atomic mass is 79.9.